The molecule has 1 aliphatic heterocycles. The van der Waals surface area contributed by atoms with Gasteiger partial charge < -0.3 is 50.5 Å². The summed E-state index contributed by atoms with van der Waals surface area (Å²) in [5.74, 6) is -0.701. The fraction of sp³-hybridized carbons (Fsp3) is 0.940. The van der Waals surface area contributed by atoms with E-state index in [0.29, 0.717) is 19.3 Å². The molecule has 0 spiro atoms. The summed E-state index contributed by atoms with van der Waals surface area (Å²) in [6, 6.07) is -1.19. The smallest absolute Gasteiger partial charge is 0.249 e. The molecule has 0 bridgehead atoms. The Morgan fingerprint density at radius 1 is 0.362 bits per heavy atom. The van der Waals surface area contributed by atoms with Gasteiger partial charge >= 0.3 is 0 Å². The number of hydrogen-bond acceptors (Lipinski definition) is 10. The number of carbonyl (C=O) groups is 1. The Morgan fingerprint density at radius 2 is 0.638 bits per heavy atom. The summed E-state index contributed by atoms with van der Waals surface area (Å²) in [5, 5.41) is 76.7. The van der Waals surface area contributed by atoms with Crippen molar-refractivity contribution in [3.05, 3.63) is 24.3 Å². The van der Waals surface area contributed by atoms with Crippen LogP contribution < -0.4 is 5.32 Å². The molecule has 0 radical (unpaired) electrons. The molecule has 0 aliphatic carbocycles. The second-order valence-electron chi connectivity index (χ2n) is 29.5. The maximum atomic E-state index is 13.3. The molecule has 1 fully saturated rings. The van der Waals surface area contributed by atoms with Gasteiger partial charge in [0.2, 0.25) is 5.91 Å². The van der Waals surface area contributed by atoms with Crippen molar-refractivity contribution in [3.8, 4) is 0 Å². The van der Waals surface area contributed by atoms with Crippen LogP contribution in [0.3, 0.4) is 0 Å². The average molecular weight is 1330 g/mol. The van der Waals surface area contributed by atoms with Crippen LogP contribution in [0.1, 0.15) is 431 Å². The van der Waals surface area contributed by atoms with Gasteiger partial charge in [-0.15, -0.1) is 0 Å². The van der Waals surface area contributed by atoms with Gasteiger partial charge in [-0.25, -0.2) is 0 Å². The highest BCUT2D eigenvalue weighted by Gasteiger charge is 2.44. The van der Waals surface area contributed by atoms with Crippen molar-refractivity contribution >= 4 is 5.91 Å². The predicted octanol–water partition coefficient (Wildman–Crippen LogP) is 21.9. The highest BCUT2D eigenvalue weighted by molar-refractivity contribution is 5.80. The summed E-state index contributed by atoms with van der Waals surface area (Å²) < 4.78 is 11.2. The number of unbranched alkanes of at least 4 members (excludes halogenated alkanes) is 59. The first-order valence-corrected chi connectivity index (χ1v) is 41.7. The molecule has 11 heteroatoms. The van der Waals surface area contributed by atoms with E-state index >= 15 is 0 Å². The highest BCUT2D eigenvalue weighted by atomic mass is 16.7. The van der Waals surface area contributed by atoms with Crippen molar-refractivity contribution < 1.29 is 50.0 Å². The molecule has 0 aromatic heterocycles. The topological polar surface area (TPSA) is 189 Å². The van der Waals surface area contributed by atoms with E-state index in [1.54, 1.807) is 0 Å². The van der Waals surface area contributed by atoms with E-state index in [-0.39, 0.29) is 12.8 Å². The summed E-state index contributed by atoms with van der Waals surface area (Å²) in [5.41, 5.74) is 0. The van der Waals surface area contributed by atoms with Crippen molar-refractivity contribution in [1.29, 1.82) is 0 Å². The number of nitrogens with one attached hydrogen (secondary N) is 1. The number of ether oxygens (including phenoxy) is 2. The van der Waals surface area contributed by atoms with Crippen molar-refractivity contribution in [2.75, 3.05) is 13.2 Å². The number of aliphatic hydroxyl groups excluding tert-OH is 7. The molecule has 1 aliphatic rings. The first kappa shape index (κ1) is 90.6. The van der Waals surface area contributed by atoms with Gasteiger partial charge in [0.1, 0.15) is 36.6 Å². The van der Waals surface area contributed by atoms with Crippen molar-refractivity contribution in [2.24, 2.45) is 0 Å². The predicted molar refractivity (Wildman–Crippen MR) is 399 cm³/mol. The normalized spacial score (nSPS) is 18.2. The lowest BCUT2D eigenvalue weighted by molar-refractivity contribution is -0.303. The minimum Gasteiger partial charge on any atom is -0.394 e. The summed E-state index contributed by atoms with van der Waals surface area (Å²) in [6.07, 6.45) is 81.8. The van der Waals surface area contributed by atoms with Gasteiger partial charge in [0, 0.05) is 0 Å². The second-order valence-corrected chi connectivity index (χ2v) is 29.5. The molecular formula is C83H161NO10. The minimum atomic E-state index is -1.67. The quantitative estimate of drug-likeness (QED) is 0.0215. The van der Waals surface area contributed by atoms with E-state index in [2.05, 4.69) is 43.5 Å². The molecule has 558 valence electrons. The average Bonchev–Trinajstić information content (AvgIpc) is 0.903. The fourth-order valence-corrected chi connectivity index (χ4v) is 13.9. The van der Waals surface area contributed by atoms with E-state index in [1.807, 2.05) is 0 Å². The standard InChI is InChI=1S/C83H161NO10/c1-3-5-7-9-11-13-15-17-19-21-23-25-27-29-31-33-34-35-36-37-38-39-40-41-43-45-47-49-51-53-55-57-59-61-63-65-67-69-71-76(87)82(92)84-74(73-93-83-81(91)80(90)79(89)77(72-85)94-83)78(88)75(86)70-68-66-64-62-60-58-56-54-52-50-48-46-44-42-32-30-28-26-24-22-20-18-16-14-12-10-8-6-4-2/h54,56,62,64,74-81,83,85-91H,3-53,55,57-61,63,65-73H2,1-2H3,(H,84,92)/b56-54+,64-62+. The van der Waals surface area contributed by atoms with Crippen LogP contribution in [0.15, 0.2) is 24.3 Å². The second kappa shape index (κ2) is 71.4. The molecule has 8 N–H and O–H groups in total. The maximum absolute atomic E-state index is 13.3. The van der Waals surface area contributed by atoms with Crippen LogP contribution in [-0.2, 0) is 14.3 Å². The third-order valence-corrected chi connectivity index (χ3v) is 20.5. The third-order valence-electron chi connectivity index (χ3n) is 20.5. The number of amides is 1. The number of rotatable bonds is 75. The number of hydrogen-bond donors (Lipinski definition) is 8. The van der Waals surface area contributed by atoms with Gasteiger partial charge in [-0.1, -0.05) is 404 Å². The van der Waals surface area contributed by atoms with Crippen molar-refractivity contribution in [1.82, 2.24) is 5.32 Å². The molecule has 9 atom stereocenters. The Hall–Kier alpha value is -1.41. The maximum Gasteiger partial charge on any atom is 0.249 e. The van der Waals surface area contributed by atoms with E-state index in [9.17, 15) is 40.5 Å². The molecule has 1 rings (SSSR count). The summed E-state index contributed by atoms with van der Waals surface area (Å²) in [7, 11) is 0. The van der Waals surface area contributed by atoms with Crippen LogP contribution in [0.5, 0.6) is 0 Å². The monoisotopic (exact) mass is 1330 g/mol. The zero-order chi connectivity index (χ0) is 68.1. The summed E-state index contributed by atoms with van der Waals surface area (Å²) in [4.78, 5) is 13.3. The molecular weight excluding hydrogens is 1170 g/mol. The van der Waals surface area contributed by atoms with Crippen LogP contribution in [-0.4, -0.2) is 110 Å². The van der Waals surface area contributed by atoms with Gasteiger partial charge in [0.25, 0.3) is 0 Å². The largest absolute Gasteiger partial charge is 0.394 e. The minimum absolute atomic E-state index is 0.250. The highest BCUT2D eigenvalue weighted by Crippen LogP contribution is 2.25. The Balaban J connectivity index is 2.11. The molecule has 1 amide bonds. The summed E-state index contributed by atoms with van der Waals surface area (Å²) in [6.45, 7) is 3.52. The van der Waals surface area contributed by atoms with Crippen molar-refractivity contribution in [2.45, 2.75) is 486 Å². The van der Waals surface area contributed by atoms with Gasteiger partial charge in [-0.3, -0.25) is 4.79 Å². The molecule has 1 saturated heterocycles. The van der Waals surface area contributed by atoms with Gasteiger partial charge in [0.05, 0.1) is 25.4 Å². The SMILES string of the molecule is CCCCCCCCCCCCCCCCCCCCCC/C=C/CC/C=C/CCCC(O)C(O)C(COC1OC(CO)C(O)C(O)C1O)NC(=O)C(O)CCCCCCCCCCCCCCCCCCCCCCCCCCCCCCCCCCCCCCCC. The van der Waals surface area contributed by atoms with Crippen LogP contribution in [0.4, 0.5) is 0 Å². The van der Waals surface area contributed by atoms with E-state index in [4.69, 9.17) is 9.47 Å². The van der Waals surface area contributed by atoms with E-state index in [1.165, 1.54) is 347 Å². The lowest BCUT2D eigenvalue weighted by Gasteiger charge is -2.40. The zero-order valence-corrected chi connectivity index (χ0v) is 62.2. The lowest BCUT2D eigenvalue weighted by atomic mass is 9.98. The van der Waals surface area contributed by atoms with Gasteiger partial charge in [0.15, 0.2) is 6.29 Å². The molecule has 0 aromatic rings. The van der Waals surface area contributed by atoms with Crippen LogP contribution in [0.2, 0.25) is 0 Å². The summed E-state index contributed by atoms with van der Waals surface area (Å²) >= 11 is 0. The first-order chi connectivity index (χ1) is 46.2. The van der Waals surface area contributed by atoms with E-state index < -0.39 is 74.2 Å². The van der Waals surface area contributed by atoms with E-state index in [0.717, 1.165) is 38.5 Å². The molecule has 0 saturated carbocycles. The molecule has 1 heterocycles. The van der Waals surface area contributed by atoms with Crippen LogP contribution >= 0.6 is 0 Å². The first-order valence-electron chi connectivity index (χ1n) is 41.7. The molecule has 11 nitrogen and oxygen atoms in total. The number of allylic oxidation sites excluding steroid dienone is 4. The molecule has 94 heavy (non-hydrogen) atoms. The Morgan fingerprint density at radius 3 is 0.947 bits per heavy atom. The van der Waals surface area contributed by atoms with Gasteiger partial charge in [-0.05, 0) is 51.4 Å². The Kier molecular flexibility index (Phi) is 68.8. The Bertz CT molecular complexity index is 1580. The van der Waals surface area contributed by atoms with Gasteiger partial charge in [-0.2, -0.15) is 0 Å². The lowest BCUT2D eigenvalue weighted by Crippen LogP contribution is -2.60. The molecule has 9 unspecified atom stereocenters. The van der Waals surface area contributed by atoms with Crippen molar-refractivity contribution in [3.63, 3.8) is 0 Å². The molecule has 0 aromatic carbocycles. The third kappa shape index (κ3) is 57.4. The van der Waals surface area contributed by atoms with Crippen LogP contribution in [0.25, 0.3) is 0 Å². The zero-order valence-electron chi connectivity index (χ0n) is 62.2. The number of carbonyl (C=O) groups excluding carboxylic acids is 1. The Labute approximate surface area is 582 Å². The fourth-order valence-electron chi connectivity index (χ4n) is 13.9. The van der Waals surface area contributed by atoms with Crippen LogP contribution in [0, 0.1) is 0 Å². The number of aliphatic hydroxyl groups is 7.